The Morgan fingerprint density at radius 3 is 2.38 bits per heavy atom. The largest absolute Gasteiger partial charge is 0.352 e. The first kappa shape index (κ1) is 26.1. The van der Waals surface area contributed by atoms with Crippen molar-refractivity contribution in [2.75, 3.05) is 0 Å². The van der Waals surface area contributed by atoms with Crippen molar-refractivity contribution in [2.24, 2.45) is 0 Å². The summed E-state index contributed by atoms with van der Waals surface area (Å²) in [6.45, 7) is 6.21. The van der Waals surface area contributed by atoms with Gasteiger partial charge in [-0.3, -0.25) is 9.59 Å². The molecule has 2 unspecified atom stereocenters. The topological polar surface area (TPSA) is 49.4 Å². The van der Waals surface area contributed by atoms with Crippen molar-refractivity contribution in [3.63, 3.8) is 0 Å². The van der Waals surface area contributed by atoms with Crippen molar-refractivity contribution >= 4 is 45.8 Å². The molecule has 0 radical (unpaired) electrons. The molecule has 2 atom stereocenters. The van der Waals surface area contributed by atoms with E-state index in [-0.39, 0.29) is 24.4 Å². The number of carbonyl (C=O) groups excluding carboxylic acids is 2. The van der Waals surface area contributed by atoms with Crippen LogP contribution in [0.25, 0.3) is 10.8 Å². The van der Waals surface area contributed by atoms with Crippen LogP contribution in [0.2, 0.25) is 10.0 Å². The van der Waals surface area contributed by atoms with E-state index < -0.39 is 6.04 Å². The van der Waals surface area contributed by atoms with Gasteiger partial charge in [0.1, 0.15) is 6.04 Å². The number of fused-ring (bicyclic) bond motifs is 1. The molecule has 3 rings (SSSR count). The maximum atomic E-state index is 13.6. The zero-order valence-corrected chi connectivity index (χ0v) is 21.5. The van der Waals surface area contributed by atoms with Crippen molar-refractivity contribution in [3.05, 3.63) is 81.8 Å². The lowest BCUT2D eigenvalue weighted by Gasteiger charge is -2.31. The Kier molecular flexibility index (Phi) is 9.37. The Hall–Kier alpha value is -2.56. The first-order valence-electron chi connectivity index (χ1n) is 11.8. The first-order chi connectivity index (χ1) is 16.3. The van der Waals surface area contributed by atoms with Crippen molar-refractivity contribution in [1.29, 1.82) is 0 Å². The highest BCUT2D eigenvalue weighted by molar-refractivity contribution is 6.42. The van der Waals surface area contributed by atoms with Gasteiger partial charge in [-0.2, -0.15) is 0 Å². The van der Waals surface area contributed by atoms with Crippen LogP contribution >= 0.6 is 23.2 Å². The lowest BCUT2D eigenvalue weighted by Crippen LogP contribution is -2.50. The van der Waals surface area contributed by atoms with E-state index in [1.165, 1.54) is 0 Å². The van der Waals surface area contributed by atoms with Gasteiger partial charge < -0.3 is 10.2 Å². The molecule has 6 heteroatoms. The second-order valence-electron chi connectivity index (χ2n) is 8.65. The lowest BCUT2D eigenvalue weighted by molar-refractivity contribution is -0.141. The highest BCUT2D eigenvalue weighted by Crippen LogP contribution is 2.25. The number of halogens is 2. The average Bonchev–Trinajstić information content (AvgIpc) is 2.84. The van der Waals surface area contributed by atoms with Gasteiger partial charge in [0.15, 0.2) is 0 Å². The highest BCUT2D eigenvalue weighted by Gasteiger charge is 2.29. The molecule has 0 heterocycles. The van der Waals surface area contributed by atoms with Gasteiger partial charge in [0.25, 0.3) is 0 Å². The third-order valence-corrected chi connectivity index (χ3v) is 6.95. The fourth-order valence-corrected chi connectivity index (χ4v) is 4.41. The van der Waals surface area contributed by atoms with Crippen LogP contribution in [0.15, 0.2) is 60.7 Å². The summed E-state index contributed by atoms with van der Waals surface area (Å²) >= 11 is 12.3. The Balaban J connectivity index is 1.85. The average molecular weight is 499 g/mol. The summed E-state index contributed by atoms with van der Waals surface area (Å²) in [4.78, 5) is 28.3. The van der Waals surface area contributed by atoms with E-state index >= 15 is 0 Å². The van der Waals surface area contributed by atoms with E-state index in [0.717, 1.165) is 28.3 Å². The predicted octanol–water partition coefficient (Wildman–Crippen LogP) is 6.80. The number of hydrogen-bond donors (Lipinski definition) is 1. The molecule has 0 aliphatic carbocycles. The predicted molar refractivity (Wildman–Crippen MR) is 141 cm³/mol. The molecule has 0 spiro atoms. The Bertz CT molecular complexity index is 1140. The van der Waals surface area contributed by atoms with E-state index in [1.807, 2.05) is 45.0 Å². The minimum absolute atomic E-state index is 0.0409. The van der Waals surface area contributed by atoms with Crippen LogP contribution in [-0.4, -0.2) is 28.8 Å². The van der Waals surface area contributed by atoms with E-state index in [4.69, 9.17) is 23.2 Å². The molecule has 3 aromatic rings. The van der Waals surface area contributed by atoms with Gasteiger partial charge in [0.05, 0.1) is 10.0 Å². The zero-order chi connectivity index (χ0) is 24.7. The normalized spacial score (nSPS) is 12.9. The van der Waals surface area contributed by atoms with Gasteiger partial charge in [0, 0.05) is 19.0 Å². The highest BCUT2D eigenvalue weighted by atomic mass is 35.5. The Morgan fingerprint density at radius 1 is 0.941 bits per heavy atom. The van der Waals surface area contributed by atoms with Crippen molar-refractivity contribution in [3.8, 4) is 0 Å². The van der Waals surface area contributed by atoms with E-state index in [9.17, 15) is 9.59 Å². The van der Waals surface area contributed by atoms with Crippen LogP contribution in [0.4, 0.5) is 0 Å². The van der Waals surface area contributed by atoms with Crippen LogP contribution in [0.5, 0.6) is 0 Å². The molecule has 0 saturated carbocycles. The minimum Gasteiger partial charge on any atom is -0.352 e. The van der Waals surface area contributed by atoms with Gasteiger partial charge in [-0.05, 0) is 60.2 Å². The number of nitrogens with zero attached hydrogens (tertiary/aromatic N) is 1. The molecular formula is C28H32Cl2N2O2. The summed E-state index contributed by atoms with van der Waals surface area (Å²) in [6.07, 6.45) is 2.25. The van der Waals surface area contributed by atoms with Crippen LogP contribution < -0.4 is 5.32 Å². The minimum atomic E-state index is -0.566. The molecule has 0 bridgehead atoms. The molecule has 1 N–H and O–H groups in total. The Morgan fingerprint density at radius 2 is 1.68 bits per heavy atom. The fourth-order valence-electron chi connectivity index (χ4n) is 4.09. The molecule has 3 aromatic carbocycles. The number of hydrogen-bond acceptors (Lipinski definition) is 2. The number of amides is 2. The van der Waals surface area contributed by atoms with Crippen molar-refractivity contribution in [1.82, 2.24) is 10.2 Å². The van der Waals surface area contributed by atoms with Gasteiger partial charge in [-0.15, -0.1) is 0 Å². The molecule has 0 saturated heterocycles. The smallest absolute Gasteiger partial charge is 0.243 e. The van der Waals surface area contributed by atoms with Crippen molar-refractivity contribution < 1.29 is 9.59 Å². The van der Waals surface area contributed by atoms with Gasteiger partial charge in [-0.25, -0.2) is 0 Å². The van der Waals surface area contributed by atoms with Crippen molar-refractivity contribution in [2.45, 2.75) is 65.1 Å². The van der Waals surface area contributed by atoms with E-state index in [2.05, 4.69) is 29.6 Å². The molecule has 0 aliphatic rings. The van der Waals surface area contributed by atoms with Gasteiger partial charge in [-0.1, -0.05) is 85.6 Å². The zero-order valence-electron chi connectivity index (χ0n) is 20.0. The SMILES string of the molecule is CCC(C)NC(=O)C(CC)N(Cc1ccc(Cl)c(Cl)c1)C(=O)CCc1cccc2ccccc12. The summed E-state index contributed by atoms with van der Waals surface area (Å²) in [5.74, 6) is -0.194. The maximum absolute atomic E-state index is 13.6. The summed E-state index contributed by atoms with van der Waals surface area (Å²) in [7, 11) is 0. The quantitative estimate of drug-likeness (QED) is 0.334. The number of nitrogens with one attached hydrogen (secondary N) is 1. The molecule has 2 amide bonds. The number of carbonyl (C=O) groups is 2. The van der Waals surface area contributed by atoms with Crippen LogP contribution in [0, 0.1) is 0 Å². The second kappa shape index (κ2) is 12.2. The van der Waals surface area contributed by atoms with Gasteiger partial charge in [0.2, 0.25) is 11.8 Å². The summed E-state index contributed by atoms with van der Waals surface area (Å²) in [5, 5.41) is 6.23. The van der Waals surface area contributed by atoms with E-state index in [1.54, 1.807) is 17.0 Å². The summed E-state index contributed by atoms with van der Waals surface area (Å²) in [5.41, 5.74) is 1.96. The molecule has 180 valence electrons. The maximum Gasteiger partial charge on any atom is 0.243 e. The molecular weight excluding hydrogens is 467 g/mol. The number of aryl methyl sites for hydroxylation is 1. The fraction of sp³-hybridized carbons (Fsp3) is 0.357. The summed E-state index contributed by atoms with van der Waals surface area (Å²) in [6, 6.07) is 19.1. The molecule has 34 heavy (non-hydrogen) atoms. The number of benzene rings is 3. The van der Waals surface area contributed by atoms with Crippen LogP contribution in [0.1, 0.15) is 51.2 Å². The standard InChI is InChI=1S/C28H32Cl2N2O2/c1-4-19(3)31-28(34)26(5-2)32(18-20-13-15-24(29)25(30)17-20)27(33)16-14-22-11-8-10-21-9-6-7-12-23(21)22/h6-13,15,17,19,26H,4-5,14,16,18H2,1-3H3,(H,31,34). The monoisotopic (exact) mass is 498 g/mol. The number of rotatable bonds is 10. The van der Waals surface area contributed by atoms with E-state index in [0.29, 0.717) is 29.3 Å². The van der Waals surface area contributed by atoms with Gasteiger partial charge >= 0.3 is 0 Å². The summed E-state index contributed by atoms with van der Waals surface area (Å²) < 4.78 is 0. The Labute approximate surface area is 212 Å². The molecule has 4 nitrogen and oxygen atoms in total. The lowest BCUT2D eigenvalue weighted by atomic mass is 10.00. The van der Waals surface area contributed by atoms with Crippen LogP contribution in [-0.2, 0) is 22.6 Å². The molecule has 0 aromatic heterocycles. The van der Waals surface area contributed by atoms with Crippen LogP contribution in [0.3, 0.4) is 0 Å². The first-order valence-corrected chi connectivity index (χ1v) is 12.6. The molecule has 0 aliphatic heterocycles. The third kappa shape index (κ3) is 6.52. The second-order valence-corrected chi connectivity index (χ2v) is 9.46. The molecule has 0 fully saturated rings. The third-order valence-electron chi connectivity index (χ3n) is 6.21.